The average molecular weight is 219 g/mol. The van der Waals surface area contributed by atoms with Crippen molar-refractivity contribution in [1.29, 1.82) is 0 Å². The second-order valence-electron chi connectivity index (χ2n) is 3.51. The monoisotopic (exact) mass is 219 g/mol. The van der Waals surface area contributed by atoms with Crippen molar-refractivity contribution in [3.05, 3.63) is 23.8 Å². The molecule has 2 heterocycles. The van der Waals surface area contributed by atoms with E-state index in [4.69, 9.17) is 10.5 Å². The van der Waals surface area contributed by atoms with E-state index in [1.54, 1.807) is 4.68 Å². The van der Waals surface area contributed by atoms with Crippen LogP contribution in [-0.2, 0) is 7.05 Å². The number of aryl methyl sites for hydroxylation is 2. The van der Waals surface area contributed by atoms with Gasteiger partial charge < -0.3 is 10.5 Å². The summed E-state index contributed by atoms with van der Waals surface area (Å²) in [6.45, 7) is 3.80. The third-order valence-electron chi connectivity index (χ3n) is 2.28. The lowest BCUT2D eigenvalue weighted by Gasteiger charge is -2.04. The van der Waals surface area contributed by atoms with Crippen LogP contribution in [0, 0.1) is 13.8 Å². The normalized spacial score (nSPS) is 10.4. The fourth-order valence-electron chi connectivity index (χ4n) is 1.42. The molecule has 0 aliphatic rings. The highest BCUT2D eigenvalue weighted by Gasteiger charge is 2.12. The molecule has 2 aromatic heterocycles. The largest absolute Gasteiger partial charge is 0.434 e. The highest BCUT2D eigenvalue weighted by molar-refractivity contribution is 5.36. The summed E-state index contributed by atoms with van der Waals surface area (Å²) in [6, 6.07) is 0. The van der Waals surface area contributed by atoms with Crippen LogP contribution < -0.4 is 10.5 Å². The first-order valence-corrected chi connectivity index (χ1v) is 4.83. The van der Waals surface area contributed by atoms with Gasteiger partial charge in [-0.05, 0) is 13.8 Å². The van der Waals surface area contributed by atoms with Gasteiger partial charge in [0.05, 0.1) is 18.1 Å². The maximum atomic E-state index is 5.60. The molecule has 0 spiro atoms. The molecule has 6 heteroatoms. The first-order valence-electron chi connectivity index (χ1n) is 4.83. The molecule has 2 aromatic rings. The van der Waals surface area contributed by atoms with Crippen LogP contribution in [0.2, 0.25) is 0 Å². The van der Waals surface area contributed by atoms with Crippen molar-refractivity contribution in [2.45, 2.75) is 13.8 Å². The van der Waals surface area contributed by atoms with Crippen LogP contribution >= 0.6 is 0 Å². The first-order chi connectivity index (χ1) is 7.58. The Morgan fingerprint density at radius 1 is 1.31 bits per heavy atom. The molecule has 2 N–H and O–H groups in total. The van der Waals surface area contributed by atoms with E-state index in [0.717, 1.165) is 11.4 Å². The quantitative estimate of drug-likeness (QED) is 0.821. The Balaban J connectivity index is 2.34. The van der Waals surface area contributed by atoms with Crippen molar-refractivity contribution in [2.75, 3.05) is 5.73 Å². The van der Waals surface area contributed by atoms with E-state index in [2.05, 4.69) is 15.1 Å². The van der Waals surface area contributed by atoms with Gasteiger partial charge in [0.25, 0.3) is 0 Å². The van der Waals surface area contributed by atoms with Gasteiger partial charge in [0.2, 0.25) is 5.88 Å². The third kappa shape index (κ3) is 1.81. The van der Waals surface area contributed by atoms with Crippen molar-refractivity contribution in [3.63, 3.8) is 0 Å². The van der Waals surface area contributed by atoms with Gasteiger partial charge in [-0.2, -0.15) is 10.1 Å². The smallest absolute Gasteiger partial charge is 0.239 e. The van der Waals surface area contributed by atoms with Crippen LogP contribution in [0.25, 0.3) is 0 Å². The molecular weight excluding hydrogens is 206 g/mol. The number of nitrogen functional groups attached to an aromatic ring is 1. The Labute approximate surface area is 93.1 Å². The van der Waals surface area contributed by atoms with Crippen LogP contribution in [0.15, 0.2) is 12.4 Å². The van der Waals surface area contributed by atoms with Crippen LogP contribution in [0.3, 0.4) is 0 Å². The molecule has 0 unspecified atom stereocenters. The number of hydrogen-bond acceptors (Lipinski definition) is 5. The molecule has 0 radical (unpaired) electrons. The third-order valence-corrected chi connectivity index (χ3v) is 2.28. The minimum atomic E-state index is 0.330. The standard InChI is InChI=1S/C10H13N5O/c1-6-10(7(2)15(3)14-6)16-9-5-12-4-8(11)13-9/h4-5H,1-3H3,(H2,11,13). The number of ether oxygens (including phenoxy) is 1. The van der Waals surface area contributed by atoms with Crippen molar-refractivity contribution in [3.8, 4) is 11.6 Å². The molecule has 84 valence electrons. The number of hydrogen-bond donors (Lipinski definition) is 1. The highest BCUT2D eigenvalue weighted by atomic mass is 16.5. The Morgan fingerprint density at radius 2 is 2.06 bits per heavy atom. The molecule has 0 atom stereocenters. The van der Waals surface area contributed by atoms with Crippen LogP contribution in [-0.4, -0.2) is 19.7 Å². The molecule has 2 rings (SSSR count). The summed E-state index contributed by atoms with van der Waals surface area (Å²) in [7, 11) is 1.86. The van der Waals surface area contributed by atoms with Crippen molar-refractivity contribution in [1.82, 2.24) is 19.7 Å². The molecule has 0 bridgehead atoms. The second-order valence-corrected chi connectivity index (χ2v) is 3.51. The molecule has 6 nitrogen and oxygen atoms in total. The summed E-state index contributed by atoms with van der Waals surface area (Å²) >= 11 is 0. The predicted octanol–water partition coefficient (Wildman–Crippen LogP) is 1.20. The van der Waals surface area contributed by atoms with E-state index in [1.165, 1.54) is 12.4 Å². The highest BCUT2D eigenvalue weighted by Crippen LogP contribution is 2.26. The fourth-order valence-corrected chi connectivity index (χ4v) is 1.42. The summed E-state index contributed by atoms with van der Waals surface area (Å²) < 4.78 is 7.36. The van der Waals surface area contributed by atoms with Gasteiger partial charge >= 0.3 is 0 Å². The average Bonchev–Trinajstić information content (AvgIpc) is 2.45. The first kappa shape index (κ1) is 10.4. The zero-order valence-corrected chi connectivity index (χ0v) is 9.43. The molecular formula is C10H13N5O. The molecule has 0 saturated carbocycles. The summed E-state index contributed by atoms with van der Waals surface area (Å²) in [5.74, 6) is 1.40. The van der Waals surface area contributed by atoms with E-state index in [9.17, 15) is 0 Å². The van der Waals surface area contributed by atoms with Gasteiger partial charge in [0.1, 0.15) is 11.5 Å². The van der Waals surface area contributed by atoms with Gasteiger partial charge in [0, 0.05) is 7.05 Å². The van der Waals surface area contributed by atoms with Crippen LogP contribution in [0.4, 0.5) is 5.82 Å². The van der Waals surface area contributed by atoms with Gasteiger partial charge in [0.15, 0.2) is 5.75 Å². The molecule has 0 amide bonds. The Kier molecular flexibility index (Phi) is 2.47. The van der Waals surface area contributed by atoms with Crippen molar-refractivity contribution >= 4 is 5.82 Å². The van der Waals surface area contributed by atoms with Crippen molar-refractivity contribution < 1.29 is 4.74 Å². The van der Waals surface area contributed by atoms with Gasteiger partial charge in [-0.3, -0.25) is 9.67 Å². The molecule has 0 aromatic carbocycles. The Hall–Kier alpha value is -2.11. The van der Waals surface area contributed by atoms with Gasteiger partial charge in [-0.15, -0.1) is 0 Å². The Bertz CT molecular complexity index is 520. The predicted molar refractivity (Wildman–Crippen MR) is 59.2 cm³/mol. The van der Waals surface area contributed by atoms with E-state index >= 15 is 0 Å². The summed E-state index contributed by atoms with van der Waals surface area (Å²) in [5.41, 5.74) is 7.26. The zero-order valence-electron chi connectivity index (χ0n) is 9.43. The summed E-state index contributed by atoms with van der Waals surface area (Å²) in [5, 5.41) is 4.24. The summed E-state index contributed by atoms with van der Waals surface area (Å²) in [6.07, 6.45) is 2.98. The lowest BCUT2D eigenvalue weighted by Crippen LogP contribution is -1.96. The minimum absolute atomic E-state index is 0.330. The summed E-state index contributed by atoms with van der Waals surface area (Å²) in [4.78, 5) is 7.92. The lowest BCUT2D eigenvalue weighted by molar-refractivity contribution is 0.453. The number of aromatic nitrogens is 4. The molecule has 0 aliphatic carbocycles. The molecule has 0 saturated heterocycles. The maximum absolute atomic E-state index is 5.60. The van der Waals surface area contributed by atoms with Crippen molar-refractivity contribution in [2.24, 2.45) is 7.05 Å². The van der Waals surface area contributed by atoms with E-state index < -0.39 is 0 Å². The van der Waals surface area contributed by atoms with E-state index in [0.29, 0.717) is 17.4 Å². The van der Waals surface area contributed by atoms with Gasteiger partial charge in [-0.25, -0.2) is 0 Å². The molecule has 0 fully saturated rings. The topological polar surface area (TPSA) is 78.8 Å². The number of rotatable bonds is 2. The van der Waals surface area contributed by atoms with Gasteiger partial charge in [-0.1, -0.05) is 0 Å². The SMILES string of the molecule is Cc1nn(C)c(C)c1Oc1cncc(N)n1. The zero-order chi connectivity index (χ0) is 11.7. The minimum Gasteiger partial charge on any atom is -0.434 e. The molecule has 0 aliphatic heterocycles. The van der Waals surface area contributed by atoms with E-state index in [1.807, 2.05) is 20.9 Å². The fraction of sp³-hybridized carbons (Fsp3) is 0.300. The lowest BCUT2D eigenvalue weighted by atomic mass is 10.3. The Morgan fingerprint density at radius 3 is 2.62 bits per heavy atom. The number of anilines is 1. The maximum Gasteiger partial charge on any atom is 0.239 e. The number of nitrogens with two attached hydrogens (primary N) is 1. The van der Waals surface area contributed by atoms with E-state index in [-0.39, 0.29) is 0 Å². The number of nitrogens with zero attached hydrogens (tertiary/aromatic N) is 4. The molecule has 16 heavy (non-hydrogen) atoms. The van der Waals surface area contributed by atoms with Crippen LogP contribution in [0.5, 0.6) is 11.6 Å². The van der Waals surface area contributed by atoms with Crippen LogP contribution in [0.1, 0.15) is 11.4 Å². The second kappa shape index (κ2) is 3.80.